The highest BCUT2D eigenvalue weighted by molar-refractivity contribution is 5.86. The first kappa shape index (κ1) is 13.0. The molecule has 0 unspecified atom stereocenters. The standard InChI is InChI=1S/C16H12N2O3/c1-10-6-13(21-15(10)16(19)20)9-18-5-4-12-7-11(8-17)2-3-14(12)18/h2-7H,9H2,1H3,(H,19,20). The van der Waals surface area contributed by atoms with Gasteiger partial charge in [-0.2, -0.15) is 5.26 Å². The molecule has 3 rings (SSSR count). The molecule has 0 fully saturated rings. The van der Waals surface area contributed by atoms with Gasteiger partial charge in [-0.25, -0.2) is 4.79 Å². The number of carbonyl (C=O) groups is 1. The third kappa shape index (κ3) is 2.28. The van der Waals surface area contributed by atoms with Crippen molar-refractivity contribution in [3.63, 3.8) is 0 Å². The quantitative estimate of drug-likeness (QED) is 0.799. The van der Waals surface area contributed by atoms with E-state index in [1.807, 2.05) is 29.0 Å². The highest BCUT2D eigenvalue weighted by Gasteiger charge is 2.14. The predicted octanol–water partition coefficient (Wildman–Crippen LogP) is 3.16. The Bertz CT molecular complexity index is 881. The van der Waals surface area contributed by atoms with E-state index in [2.05, 4.69) is 6.07 Å². The fraction of sp³-hybridized carbons (Fsp3) is 0.125. The number of hydrogen-bond acceptors (Lipinski definition) is 3. The highest BCUT2D eigenvalue weighted by atomic mass is 16.4. The van der Waals surface area contributed by atoms with Crippen LogP contribution in [0.1, 0.15) is 27.4 Å². The van der Waals surface area contributed by atoms with E-state index in [-0.39, 0.29) is 5.76 Å². The molecule has 1 aromatic carbocycles. The van der Waals surface area contributed by atoms with Crippen LogP contribution in [0.2, 0.25) is 0 Å². The number of benzene rings is 1. The number of aromatic nitrogens is 1. The summed E-state index contributed by atoms with van der Waals surface area (Å²) in [5, 5.41) is 18.9. The number of aryl methyl sites for hydroxylation is 1. The smallest absolute Gasteiger partial charge is 0.372 e. The lowest BCUT2D eigenvalue weighted by Crippen LogP contribution is -1.97. The van der Waals surface area contributed by atoms with Crippen LogP contribution in [-0.2, 0) is 6.54 Å². The van der Waals surface area contributed by atoms with Crippen LogP contribution < -0.4 is 0 Å². The second-order valence-corrected chi connectivity index (χ2v) is 4.86. The summed E-state index contributed by atoms with van der Waals surface area (Å²) in [4.78, 5) is 11.0. The van der Waals surface area contributed by atoms with E-state index in [1.165, 1.54) is 0 Å². The molecule has 0 atom stereocenters. The summed E-state index contributed by atoms with van der Waals surface area (Å²) in [6, 6.07) is 11.2. The fourth-order valence-electron chi connectivity index (χ4n) is 2.41. The van der Waals surface area contributed by atoms with Gasteiger partial charge in [0.05, 0.1) is 18.2 Å². The van der Waals surface area contributed by atoms with Crippen LogP contribution in [0.15, 0.2) is 40.9 Å². The lowest BCUT2D eigenvalue weighted by atomic mass is 10.2. The molecular formula is C16H12N2O3. The van der Waals surface area contributed by atoms with Crippen molar-refractivity contribution >= 4 is 16.9 Å². The second-order valence-electron chi connectivity index (χ2n) is 4.86. The third-order valence-electron chi connectivity index (χ3n) is 3.39. The Morgan fingerprint density at radius 2 is 2.19 bits per heavy atom. The van der Waals surface area contributed by atoms with Gasteiger partial charge in [-0.15, -0.1) is 0 Å². The zero-order valence-corrected chi connectivity index (χ0v) is 11.3. The zero-order chi connectivity index (χ0) is 15.0. The van der Waals surface area contributed by atoms with Gasteiger partial charge in [-0.1, -0.05) is 0 Å². The maximum absolute atomic E-state index is 11.0. The average molecular weight is 280 g/mol. The molecule has 2 heterocycles. The number of carboxylic acid groups (broad SMARTS) is 1. The number of nitriles is 1. The molecule has 0 radical (unpaired) electrons. The van der Waals surface area contributed by atoms with Crippen molar-refractivity contribution in [2.75, 3.05) is 0 Å². The van der Waals surface area contributed by atoms with E-state index < -0.39 is 5.97 Å². The summed E-state index contributed by atoms with van der Waals surface area (Å²) in [6.45, 7) is 2.16. The van der Waals surface area contributed by atoms with Crippen LogP contribution in [0.25, 0.3) is 10.9 Å². The molecule has 3 aromatic rings. The monoisotopic (exact) mass is 280 g/mol. The normalized spacial score (nSPS) is 10.7. The second kappa shape index (κ2) is 4.84. The Labute approximate surface area is 120 Å². The van der Waals surface area contributed by atoms with Crippen molar-refractivity contribution in [1.82, 2.24) is 4.57 Å². The van der Waals surface area contributed by atoms with Crippen LogP contribution >= 0.6 is 0 Å². The number of carboxylic acids is 1. The molecule has 5 heteroatoms. The molecule has 21 heavy (non-hydrogen) atoms. The molecular weight excluding hydrogens is 268 g/mol. The van der Waals surface area contributed by atoms with Gasteiger partial charge in [0, 0.05) is 22.7 Å². The van der Waals surface area contributed by atoms with Gasteiger partial charge in [-0.3, -0.25) is 0 Å². The Morgan fingerprint density at radius 3 is 2.86 bits per heavy atom. The Kier molecular flexibility index (Phi) is 2.99. The molecule has 0 saturated carbocycles. The van der Waals surface area contributed by atoms with Crippen molar-refractivity contribution in [2.24, 2.45) is 0 Å². The van der Waals surface area contributed by atoms with Crippen LogP contribution in [0.5, 0.6) is 0 Å². The molecule has 0 saturated heterocycles. The van der Waals surface area contributed by atoms with Gasteiger partial charge < -0.3 is 14.1 Å². The van der Waals surface area contributed by atoms with Crippen molar-refractivity contribution in [3.05, 3.63) is 59.2 Å². The number of rotatable bonds is 3. The van der Waals surface area contributed by atoms with Crippen LogP contribution in [0.3, 0.4) is 0 Å². The molecule has 0 aliphatic rings. The average Bonchev–Trinajstić information content (AvgIpc) is 3.02. The van der Waals surface area contributed by atoms with E-state index >= 15 is 0 Å². The highest BCUT2D eigenvalue weighted by Crippen LogP contribution is 2.21. The van der Waals surface area contributed by atoms with Crippen LogP contribution in [0.4, 0.5) is 0 Å². The number of furan rings is 1. The van der Waals surface area contributed by atoms with Crippen LogP contribution in [0, 0.1) is 18.3 Å². The Hall–Kier alpha value is -3.00. The Balaban J connectivity index is 1.97. The van der Waals surface area contributed by atoms with Crippen molar-refractivity contribution in [3.8, 4) is 6.07 Å². The van der Waals surface area contributed by atoms with E-state index in [1.54, 1.807) is 19.1 Å². The van der Waals surface area contributed by atoms with E-state index in [0.717, 1.165) is 10.9 Å². The predicted molar refractivity (Wildman–Crippen MR) is 76.2 cm³/mol. The van der Waals surface area contributed by atoms with E-state index in [4.69, 9.17) is 14.8 Å². The molecule has 104 valence electrons. The van der Waals surface area contributed by atoms with Crippen molar-refractivity contribution in [2.45, 2.75) is 13.5 Å². The Morgan fingerprint density at radius 1 is 1.38 bits per heavy atom. The van der Waals surface area contributed by atoms with E-state index in [9.17, 15) is 4.79 Å². The maximum atomic E-state index is 11.0. The first-order valence-corrected chi connectivity index (χ1v) is 6.40. The minimum Gasteiger partial charge on any atom is -0.475 e. The van der Waals surface area contributed by atoms with Gasteiger partial charge >= 0.3 is 5.97 Å². The van der Waals surface area contributed by atoms with Gasteiger partial charge in [0.15, 0.2) is 0 Å². The first-order chi connectivity index (χ1) is 10.1. The molecule has 0 aliphatic heterocycles. The first-order valence-electron chi connectivity index (χ1n) is 6.40. The number of fused-ring (bicyclic) bond motifs is 1. The van der Waals surface area contributed by atoms with Crippen molar-refractivity contribution in [1.29, 1.82) is 5.26 Å². The topological polar surface area (TPSA) is 79.2 Å². The molecule has 0 bridgehead atoms. The summed E-state index contributed by atoms with van der Waals surface area (Å²) < 4.78 is 7.33. The molecule has 1 N–H and O–H groups in total. The van der Waals surface area contributed by atoms with E-state index in [0.29, 0.717) is 23.4 Å². The lowest BCUT2D eigenvalue weighted by Gasteiger charge is -2.02. The SMILES string of the molecule is Cc1cc(Cn2ccc3cc(C#N)ccc32)oc1C(=O)O. The minimum atomic E-state index is -1.06. The summed E-state index contributed by atoms with van der Waals surface area (Å²) in [7, 11) is 0. The van der Waals surface area contributed by atoms with Crippen LogP contribution in [-0.4, -0.2) is 15.6 Å². The zero-order valence-electron chi connectivity index (χ0n) is 11.3. The van der Waals surface area contributed by atoms with Gasteiger partial charge in [0.2, 0.25) is 5.76 Å². The summed E-state index contributed by atoms with van der Waals surface area (Å²) >= 11 is 0. The number of hydrogen-bond donors (Lipinski definition) is 1. The fourth-order valence-corrected chi connectivity index (χ4v) is 2.41. The maximum Gasteiger partial charge on any atom is 0.372 e. The van der Waals surface area contributed by atoms with Crippen molar-refractivity contribution < 1.29 is 14.3 Å². The molecule has 5 nitrogen and oxygen atoms in total. The molecule has 0 amide bonds. The largest absolute Gasteiger partial charge is 0.475 e. The summed E-state index contributed by atoms with van der Waals surface area (Å²) in [5.74, 6) is -0.491. The van der Waals surface area contributed by atoms with Gasteiger partial charge in [0.1, 0.15) is 5.76 Å². The number of aromatic carboxylic acids is 1. The summed E-state index contributed by atoms with van der Waals surface area (Å²) in [6.07, 6.45) is 1.89. The van der Waals surface area contributed by atoms with Gasteiger partial charge in [-0.05, 0) is 37.3 Å². The third-order valence-corrected chi connectivity index (χ3v) is 3.39. The summed E-state index contributed by atoms with van der Waals surface area (Å²) in [5.41, 5.74) is 2.20. The van der Waals surface area contributed by atoms with Gasteiger partial charge in [0.25, 0.3) is 0 Å². The minimum absolute atomic E-state index is 0.0202. The molecule has 2 aromatic heterocycles. The molecule has 0 aliphatic carbocycles. The number of nitrogens with zero attached hydrogens (tertiary/aromatic N) is 2. The molecule has 0 spiro atoms. The lowest BCUT2D eigenvalue weighted by molar-refractivity contribution is 0.0659.